The topological polar surface area (TPSA) is 98.5 Å². The molecular weight excluding hydrogens is 268 g/mol. The molecule has 0 bridgehead atoms. The van der Waals surface area contributed by atoms with Crippen LogP contribution in [0.3, 0.4) is 0 Å². The molecule has 0 saturated carbocycles. The van der Waals surface area contributed by atoms with Crippen molar-refractivity contribution in [2.75, 3.05) is 13.4 Å². The zero-order valence-corrected chi connectivity index (χ0v) is 12.0. The Morgan fingerprint density at radius 1 is 1.47 bits per heavy atom. The molecule has 0 radical (unpaired) electrons. The van der Waals surface area contributed by atoms with E-state index < -0.39 is 21.8 Å². The Kier molecular flexibility index (Phi) is 4.90. The molecule has 0 aliphatic carbocycles. The highest BCUT2D eigenvalue weighted by Crippen LogP contribution is 2.24. The number of sulfonamides is 1. The van der Waals surface area contributed by atoms with Crippen LogP contribution < -0.4 is 15.2 Å². The number of methoxy groups -OCH3 is 1. The molecule has 106 valence electrons. The average Bonchev–Trinajstić information content (AvgIpc) is 2.34. The summed E-state index contributed by atoms with van der Waals surface area (Å²) >= 11 is 0. The first-order chi connectivity index (χ1) is 8.74. The lowest BCUT2D eigenvalue weighted by Crippen LogP contribution is -2.22. The molecule has 1 amide bonds. The van der Waals surface area contributed by atoms with Gasteiger partial charge in [0.25, 0.3) is 0 Å². The SMILES string of the molecule is COc1cc(C(C)C(N)=O)ccc1CNS(C)(=O)=O. The van der Waals surface area contributed by atoms with Crippen LogP contribution in [-0.4, -0.2) is 27.7 Å². The van der Waals surface area contributed by atoms with E-state index in [2.05, 4.69) is 4.72 Å². The fourth-order valence-corrected chi connectivity index (χ4v) is 1.97. The van der Waals surface area contributed by atoms with Gasteiger partial charge in [0.05, 0.1) is 19.3 Å². The third kappa shape index (κ3) is 4.53. The Morgan fingerprint density at radius 3 is 2.58 bits per heavy atom. The number of carbonyl (C=O) groups excluding carboxylic acids is 1. The predicted octanol–water partition coefficient (Wildman–Crippen LogP) is 0.333. The minimum atomic E-state index is -3.27. The molecule has 1 aromatic rings. The fraction of sp³-hybridized carbons (Fsp3) is 0.417. The molecule has 19 heavy (non-hydrogen) atoms. The van der Waals surface area contributed by atoms with Gasteiger partial charge in [-0.3, -0.25) is 4.79 Å². The summed E-state index contributed by atoms with van der Waals surface area (Å²) in [4.78, 5) is 11.1. The summed E-state index contributed by atoms with van der Waals surface area (Å²) in [6, 6.07) is 5.14. The van der Waals surface area contributed by atoms with Gasteiger partial charge >= 0.3 is 0 Å². The first kappa shape index (κ1) is 15.5. The first-order valence-corrected chi connectivity index (χ1v) is 7.54. The Labute approximate surface area is 113 Å². The van der Waals surface area contributed by atoms with Crippen molar-refractivity contribution in [1.29, 1.82) is 0 Å². The molecule has 0 aromatic heterocycles. The van der Waals surface area contributed by atoms with E-state index in [0.29, 0.717) is 11.3 Å². The van der Waals surface area contributed by atoms with Gasteiger partial charge in [0.2, 0.25) is 15.9 Å². The molecule has 1 unspecified atom stereocenters. The third-order valence-corrected chi connectivity index (χ3v) is 3.43. The van der Waals surface area contributed by atoms with Gasteiger partial charge in [-0.25, -0.2) is 13.1 Å². The molecule has 0 heterocycles. The summed E-state index contributed by atoms with van der Waals surface area (Å²) in [5, 5.41) is 0. The molecule has 3 N–H and O–H groups in total. The maximum atomic E-state index is 11.1. The van der Waals surface area contributed by atoms with Crippen LogP contribution in [0.25, 0.3) is 0 Å². The van der Waals surface area contributed by atoms with Crippen molar-refractivity contribution in [2.45, 2.75) is 19.4 Å². The molecule has 0 spiro atoms. The zero-order valence-electron chi connectivity index (χ0n) is 11.1. The summed E-state index contributed by atoms with van der Waals surface area (Å²) in [6.45, 7) is 1.83. The number of amides is 1. The van der Waals surface area contributed by atoms with E-state index in [1.165, 1.54) is 7.11 Å². The van der Waals surface area contributed by atoms with E-state index in [0.717, 1.165) is 11.8 Å². The van der Waals surface area contributed by atoms with Crippen molar-refractivity contribution < 1.29 is 17.9 Å². The molecule has 6 nitrogen and oxygen atoms in total. The fourth-order valence-electron chi connectivity index (χ4n) is 1.55. The van der Waals surface area contributed by atoms with Gasteiger partial charge in [0, 0.05) is 12.1 Å². The highest BCUT2D eigenvalue weighted by molar-refractivity contribution is 7.88. The van der Waals surface area contributed by atoms with Crippen LogP contribution in [0.4, 0.5) is 0 Å². The Hall–Kier alpha value is -1.60. The van der Waals surface area contributed by atoms with Crippen LogP contribution in [0.15, 0.2) is 18.2 Å². The van der Waals surface area contributed by atoms with Crippen LogP contribution in [-0.2, 0) is 21.4 Å². The van der Waals surface area contributed by atoms with Crippen molar-refractivity contribution in [2.24, 2.45) is 5.73 Å². The first-order valence-electron chi connectivity index (χ1n) is 5.65. The van der Waals surface area contributed by atoms with E-state index in [-0.39, 0.29) is 6.54 Å². The molecule has 1 atom stereocenters. The van der Waals surface area contributed by atoms with Crippen LogP contribution in [0.1, 0.15) is 24.0 Å². The average molecular weight is 286 g/mol. The molecule has 0 saturated heterocycles. The summed E-state index contributed by atoms with van der Waals surface area (Å²) in [6.07, 6.45) is 1.09. The van der Waals surface area contributed by atoms with Gasteiger partial charge in [0.1, 0.15) is 5.75 Å². The van der Waals surface area contributed by atoms with E-state index in [9.17, 15) is 13.2 Å². The largest absolute Gasteiger partial charge is 0.496 e. The predicted molar refractivity (Wildman–Crippen MR) is 72.3 cm³/mol. The monoisotopic (exact) mass is 286 g/mol. The number of carbonyl (C=O) groups is 1. The number of hydrogen-bond acceptors (Lipinski definition) is 4. The van der Waals surface area contributed by atoms with Gasteiger partial charge in [-0.1, -0.05) is 12.1 Å². The van der Waals surface area contributed by atoms with Crippen molar-refractivity contribution >= 4 is 15.9 Å². The van der Waals surface area contributed by atoms with E-state index >= 15 is 0 Å². The molecule has 1 aromatic carbocycles. The number of nitrogens with two attached hydrogens (primary N) is 1. The van der Waals surface area contributed by atoms with Gasteiger partial charge in [-0.05, 0) is 18.6 Å². The van der Waals surface area contributed by atoms with Crippen molar-refractivity contribution in [3.05, 3.63) is 29.3 Å². The molecule has 0 aliphatic rings. The van der Waals surface area contributed by atoms with Crippen molar-refractivity contribution in [3.8, 4) is 5.75 Å². The minimum absolute atomic E-state index is 0.132. The van der Waals surface area contributed by atoms with Crippen LogP contribution in [0, 0.1) is 0 Å². The number of primary amides is 1. The van der Waals surface area contributed by atoms with Crippen molar-refractivity contribution in [3.63, 3.8) is 0 Å². The molecular formula is C12H18N2O4S. The third-order valence-electron chi connectivity index (χ3n) is 2.76. The second kappa shape index (κ2) is 6.03. The highest BCUT2D eigenvalue weighted by atomic mass is 32.2. The Bertz CT molecular complexity index is 569. The van der Waals surface area contributed by atoms with Gasteiger partial charge in [-0.15, -0.1) is 0 Å². The lowest BCUT2D eigenvalue weighted by Gasteiger charge is -2.13. The summed E-state index contributed by atoms with van der Waals surface area (Å²) in [5.41, 5.74) is 6.66. The van der Waals surface area contributed by atoms with E-state index in [1.807, 2.05) is 0 Å². The van der Waals surface area contributed by atoms with Gasteiger partial charge in [-0.2, -0.15) is 0 Å². The minimum Gasteiger partial charge on any atom is -0.496 e. The second-order valence-electron chi connectivity index (χ2n) is 4.29. The summed E-state index contributed by atoms with van der Waals surface area (Å²) in [5.74, 6) is -0.336. The molecule has 0 fully saturated rings. The lowest BCUT2D eigenvalue weighted by atomic mass is 9.98. The molecule has 7 heteroatoms. The number of ether oxygens (including phenoxy) is 1. The standard InChI is InChI=1S/C12H18N2O4S/c1-8(12(13)15)9-4-5-10(11(6-9)18-2)7-14-19(3,16)17/h4-6,8,14H,7H2,1-3H3,(H2,13,15). The van der Waals surface area contributed by atoms with Gasteiger partial charge < -0.3 is 10.5 Å². The second-order valence-corrected chi connectivity index (χ2v) is 6.12. The molecule has 0 aliphatic heterocycles. The van der Waals surface area contributed by atoms with Crippen LogP contribution >= 0.6 is 0 Å². The Balaban J connectivity index is 3.00. The maximum absolute atomic E-state index is 11.1. The zero-order chi connectivity index (χ0) is 14.6. The van der Waals surface area contributed by atoms with Crippen LogP contribution in [0.2, 0.25) is 0 Å². The van der Waals surface area contributed by atoms with E-state index in [1.54, 1.807) is 25.1 Å². The highest BCUT2D eigenvalue weighted by Gasteiger charge is 2.14. The summed E-state index contributed by atoms with van der Waals surface area (Å²) < 4.78 is 29.7. The van der Waals surface area contributed by atoms with Gasteiger partial charge in [0.15, 0.2) is 0 Å². The number of benzene rings is 1. The van der Waals surface area contributed by atoms with Crippen molar-refractivity contribution in [1.82, 2.24) is 4.72 Å². The smallest absolute Gasteiger partial charge is 0.224 e. The number of rotatable bonds is 6. The maximum Gasteiger partial charge on any atom is 0.224 e. The molecule has 1 rings (SSSR count). The normalized spacial score (nSPS) is 13.0. The number of nitrogens with one attached hydrogen (secondary N) is 1. The number of hydrogen-bond donors (Lipinski definition) is 2. The quantitative estimate of drug-likeness (QED) is 0.787. The van der Waals surface area contributed by atoms with E-state index in [4.69, 9.17) is 10.5 Å². The summed E-state index contributed by atoms with van der Waals surface area (Å²) in [7, 11) is -1.78. The van der Waals surface area contributed by atoms with Crippen LogP contribution in [0.5, 0.6) is 5.75 Å². The Morgan fingerprint density at radius 2 is 2.11 bits per heavy atom. The lowest BCUT2D eigenvalue weighted by molar-refractivity contribution is -0.119.